The summed E-state index contributed by atoms with van der Waals surface area (Å²) in [5.41, 5.74) is 5.23. The number of aryl methyl sites for hydroxylation is 2. The number of hydrogen-bond acceptors (Lipinski definition) is 2. The van der Waals surface area contributed by atoms with Gasteiger partial charge in [0.05, 0.1) is 0 Å². The van der Waals surface area contributed by atoms with E-state index in [2.05, 4.69) is 32.2 Å². The number of pyridine rings is 1. The van der Waals surface area contributed by atoms with Crippen LogP contribution in [0, 0.1) is 20.8 Å². The standard InChI is InChI=1S/C13H20N2.3C2H6/c1-9-8-13(15-11(3)10(9)2)12-4-6-14-7-5-12;3*1-2/h8,12,14H,4-7H2,1-3H3;3*1-2H3. The van der Waals surface area contributed by atoms with Gasteiger partial charge in [0, 0.05) is 17.3 Å². The van der Waals surface area contributed by atoms with Gasteiger partial charge in [-0.3, -0.25) is 4.98 Å². The lowest BCUT2D eigenvalue weighted by Crippen LogP contribution is -2.27. The van der Waals surface area contributed by atoms with Crippen LogP contribution < -0.4 is 5.32 Å². The summed E-state index contributed by atoms with van der Waals surface area (Å²) in [6.45, 7) is 20.7. The molecule has 1 aliphatic heterocycles. The van der Waals surface area contributed by atoms with Crippen molar-refractivity contribution in [3.05, 3.63) is 28.6 Å². The van der Waals surface area contributed by atoms with Crippen LogP contribution in [0.3, 0.4) is 0 Å². The Morgan fingerprint density at radius 2 is 1.38 bits per heavy atom. The fourth-order valence-electron chi connectivity index (χ4n) is 2.25. The molecule has 0 bridgehead atoms. The number of aromatic nitrogens is 1. The van der Waals surface area contributed by atoms with Crippen molar-refractivity contribution in [3.8, 4) is 0 Å². The highest BCUT2D eigenvalue weighted by molar-refractivity contribution is 5.31. The molecule has 124 valence electrons. The van der Waals surface area contributed by atoms with E-state index in [1.54, 1.807) is 0 Å². The Morgan fingerprint density at radius 1 is 0.905 bits per heavy atom. The minimum absolute atomic E-state index is 0.671. The average molecular weight is 295 g/mol. The monoisotopic (exact) mass is 294 g/mol. The van der Waals surface area contributed by atoms with Crippen molar-refractivity contribution >= 4 is 0 Å². The van der Waals surface area contributed by atoms with E-state index in [1.807, 2.05) is 41.5 Å². The predicted molar refractivity (Wildman–Crippen MR) is 97.3 cm³/mol. The Kier molecular flexibility index (Phi) is 15.0. The molecule has 2 rings (SSSR count). The molecule has 1 N–H and O–H groups in total. The molecule has 1 aromatic rings. The van der Waals surface area contributed by atoms with Gasteiger partial charge in [0.2, 0.25) is 0 Å². The van der Waals surface area contributed by atoms with Crippen molar-refractivity contribution in [2.45, 2.75) is 81.1 Å². The molecule has 2 nitrogen and oxygen atoms in total. The zero-order valence-electron chi connectivity index (χ0n) is 15.9. The van der Waals surface area contributed by atoms with Gasteiger partial charge in [-0.1, -0.05) is 41.5 Å². The van der Waals surface area contributed by atoms with Gasteiger partial charge in [0.25, 0.3) is 0 Å². The Morgan fingerprint density at radius 3 is 1.81 bits per heavy atom. The maximum absolute atomic E-state index is 4.73. The Hall–Kier alpha value is -0.890. The topological polar surface area (TPSA) is 24.9 Å². The molecule has 2 heteroatoms. The van der Waals surface area contributed by atoms with Gasteiger partial charge >= 0.3 is 0 Å². The quantitative estimate of drug-likeness (QED) is 0.734. The fourth-order valence-corrected chi connectivity index (χ4v) is 2.25. The molecule has 0 aromatic carbocycles. The Balaban J connectivity index is 0. The van der Waals surface area contributed by atoms with Crippen LogP contribution in [-0.2, 0) is 0 Å². The van der Waals surface area contributed by atoms with Crippen molar-refractivity contribution in [1.29, 1.82) is 0 Å². The summed E-state index contributed by atoms with van der Waals surface area (Å²) in [4.78, 5) is 4.73. The second-order valence-electron chi connectivity index (χ2n) is 4.60. The van der Waals surface area contributed by atoms with Crippen LogP contribution in [-0.4, -0.2) is 18.1 Å². The van der Waals surface area contributed by atoms with Crippen molar-refractivity contribution in [3.63, 3.8) is 0 Å². The number of rotatable bonds is 1. The summed E-state index contributed by atoms with van der Waals surface area (Å²) >= 11 is 0. The van der Waals surface area contributed by atoms with E-state index in [9.17, 15) is 0 Å². The maximum Gasteiger partial charge on any atom is 0.0441 e. The average Bonchev–Trinajstić information content (AvgIpc) is 2.58. The van der Waals surface area contributed by atoms with Crippen molar-refractivity contribution in [2.24, 2.45) is 0 Å². The second kappa shape index (κ2) is 14.1. The summed E-state index contributed by atoms with van der Waals surface area (Å²) in [5, 5.41) is 3.40. The van der Waals surface area contributed by atoms with Gasteiger partial charge in [0.15, 0.2) is 0 Å². The van der Waals surface area contributed by atoms with E-state index in [0.717, 1.165) is 13.1 Å². The first-order valence-electron chi connectivity index (χ1n) is 8.84. The number of hydrogen-bond donors (Lipinski definition) is 1. The lowest BCUT2D eigenvalue weighted by atomic mass is 9.92. The van der Waals surface area contributed by atoms with Gasteiger partial charge in [0.1, 0.15) is 0 Å². The predicted octanol–water partition coefficient (Wildman–Crippen LogP) is 5.55. The molecule has 1 saturated heterocycles. The number of nitrogens with one attached hydrogen (secondary N) is 1. The minimum atomic E-state index is 0.671. The molecule has 1 aromatic heterocycles. The van der Waals surface area contributed by atoms with E-state index in [0.29, 0.717) is 5.92 Å². The lowest BCUT2D eigenvalue weighted by molar-refractivity contribution is 0.452. The van der Waals surface area contributed by atoms with E-state index < -0.39 is 0 Å². The molecule has 0 atom stereocenters. The summed E-state index contributed by atoms with van der Waals surface area (Å²) in [6, 6.07) is 2.28. The fraction of sp³-hybridized carbons (Fsp3) is 0.737. The molecule has 2 heterocycles. The number of nitrogens with zero attached hydrogens (tertiary/aromatic N) is 1. The SMILES string of the molecule is CC.CC.CC.Cc1cc(C2CCNCC2)nc(C)c1C. The third-order valence-corrected chi connectivity index (χ3v) is 3.55. The molecular weight excluding hydrogens is 256 g/mol. The first-order chi connectivity index (χ1) is 10.2. The van der Waals surface area contributed by atoms with E-state index in [-0.39, 0.29) is 0 Å². The molecular formula is C19H38N2. The third kappa shape index (κ3) is 7.61. The molecule has 1 fully saturated rings. The van der Waals surface area contributed by atoms with Crippen LogP contribution in [0.4, 0.5) is 0 Å². The first kappa shape index (κ1) is 22.4. The van der Waals surface area contributed by atoms with Crippen LogP contribution in [0.1, 0.15) is 82.8 Å². The third-order valence-electron chi connectivity index (χ3n) is 3.55. The highest BCUT2D eigenvalue weighted by atomic mass is 14.9. The van der Waals surface area contributed by atoms with Gasteiger partial charge in [-0.2, -0.15) is 0 Å². The van der Waals surface area contributed by atoms with Crippen LogP contribution in [0.25, 0.3) is 0 Å². The molecule has 0 unspecified atom stereocenters. The van der Waals surface area contributed by atoms with Crippen LogP contribution in [0.15, 0.2) is 6.07 Å². The molecule has 0 amide bonds. The summed E-state index contributed by atoms with van der Waals surface area (Å²) in [7, 11) is 0. The number of piperidine rings is 1. The molecule has 0 saturated carbocycles. The van der Waals surface area contributed by atoms with Crippen molar-refractivity contribution < 1.29 is 0 Å². The van der Waals surface area contributed by atoms with Gasteiger partial charge in [-0.25, -0.2) is 0 Å². The summed E-state index contributed by atoms with van der Waals surface area (Å²) in [5.74, 6) is 0.671. The van der Waals surface area contributed by atoms with Crippen LogP contribution >= 0.6 is 0 Å². The Bertz CT molecular complexity index is 330. The van der Waals surface area contributed by atoms with Crippen molar-refractivity contribution in [2.75, 3.05) is 13.1 Å². The normalized spacial score (nSPS) is 13.8. The lowest BCUT2D eigenvalue weighted by Gasteiger charge is -2.23. The van der Waals surface area contributed by atoms with Gasteiger partial charge < -0.3 is 5.32 Å². The molecule has 0 spiro atoms. The molecule has 21 heavy (non-hydrogen) atoms. The molecule has 0 aliphatic carbocycles. The van der Waals surface area contributed by atoms with Crippen molar-refractivity contribution in [1.82, 2.24) is 10.3 Å². The zero-order valence-corrected chi connectivity index (χ0v) is 15.9. The highest BCUT2D eigenvalue weighted by Gasteiger charge is 2.17. The maximum atomic E-state index is 4.73. The molecule has 1 aliphatic rings. The second-order valence-corrected chi connectivity index (χ2v) is 4.60. The smallest absolute Gasteiger partial charge is 0.0441 e. The highest BCUT2D eigenvalue weighted by Crippen LogP contribution is 2.25. The van der Waals surface area contributed by atoms with E-state index >= 15 is 0 Å². The largest absolute Gasteiger partial charge is 0.317 e. The summed E-state index contributed by atoms with van der Waals surface area (Å²) in [6.07, 6.45) is 2.46. The van der Waals surface area contributed by atoms with Crippen LogP contribution in [0.5, 0.6) is 0 Å². The molecule has 0 radical (unpaired) electrons. The van der Waals surface area contributed by atoms with E-state index in [1.165, 1.54) is 35.4 Å². The summed E-state index contributed by atoms with van der Waals surface area (Å²) < 4.78 is 0. The van der Waals surface area contributed by atoms with Crippen LogP contribution in [0.2, 0.25) is 0 Å². The van der Waals surface area contributed by atoms with Gasteiger partial charge in [-0.05, 0) is 63.9 Å². The Labute approximate surface area is 133 Å². The van der Waals surface area contributed by atoms with E-state index in [4.69, 9.17) is 4.98 Å². The minimum Gasteiger partial charge on any atom is -0.317 e. The van der Waals surface area contributed by atoms with Gasteiger partial charge in [-0.15, -0.1) is 0 Å². The zero-order chi connectivity index (χ0) is 16.8. The first-order valence-corrected chi connectivity index (χ1v) is 8.84.